The average Bonchev–Trinajstić information content (AvgIpc) is 2.67. The molecule has 0 saturated carbocycles. The van der Waals surface area contributed by atoms with Gasteiger partial charge in [-0.1, -0.05) is 0 Å². The number of hydrogen-bond acceptors (Lipinski definition) is 3. The van der Waals surface area contributed by atoms with Crippen LogP contribution in [0.4, 0.5) is 0 Å². The monoisotopic (exact) mass is 305 g/mol. The third-order valence-electron chi connectivity index (χ3n) is 3.26. The number of nitrogens with zero attached hydrogens (tertiary/aromatic N) is 1. The van der Waals surface area contributed by atoms with Crippen molar-refractivity contribution in [3.05, 3.63) is 45.4 Å². The van der Waals surface area contributed by atoms with Crippen LogP contribution in [0.3, 0.4) is 0 Å². The summed E-state index contributed by atoms with van der Waals surface area (Å²) in [6.45, 7) is 0. The highest BCUT2D eigenvalue weighted by Crippen LogP contribution is 2.37. The fraction of sp³-hybridized carbons (Fsp3) is 0.286. The summed E-state index contributed by atoms with van der Waals surface area (Å²) in [7, 11) is 0. The van der Waals surface area contributed by atoms with Crippen LogP contribution in [0.25, 0.3) is 6.08 Å². The van der Waals surface area contributed by atoms with E-state index < -0.39 is 0 Å². The van der Waals surface area contributed by atoms with Crippen molar-refractivity contribution in [1.29, 1.82) is 0 Å². The fourth-order valence-electron chi connectivity index (χ4n) is 2.40. The van der Waals surface area contributed by atoms with Crippen molar-refractivity contribution in [1.82, 2.24) is 4.98 Å². The molecule has 1 aromatic heterocycles. The van der Waals surface area contributed by atoms with E-state index in [1.165, 1.54) is 0 Å². The van der Waals surface area contributed by atoms with Crippen LogP contribution >= 0.6 is 15.9 Å². The second-order valence-corrected chi connectivity index (χ2v) is 5.29. The van der Waals surface area contributed by atoms with Gasteiger partial charge in [-0.2, -0.15) is 0 Å². The van der Waals surface area contributed by atoms with Crippen molar-refractivity contribution in [2.24, 2.45) is 0 Å². The first-order valence-corrected chi connectivity index (χ1v) is 6.81. The molecule has 0 atom stereocenters. The lowest BCUT2D eigenvalue weighted by Gasteiger charge is -2.10. The molecule has 2 aliphatic rings. The summed E-state index contributed by atoms with van der Waals surface area (Å²) in [5, 5.41) is 0. The van der Waals surface area contributed by atoms with Crippen molar-refractivity contribution < 1.29 is 9.53 Å². The smallest absolute Gasteiger partial charge is 0.339 e. The highest BCUT2D eigenvalue weighted by Gasteiger charge is 2.30. The van der Waals surface area contributed by atoms with E-state index in [1.54, 1.807) is 6.20 Å². The fourth-order valence-corrected chi connectivity index (χ4v) is 2.78. The van der Waals surface area contributed by atoms with E-state index in [9.17, 15) is 4.79 Å². The Hall–Kier alpha value is -1.42. The average molecular weight is 306 g/mol. The Balaban J connectivity index is 1.98. The predicted octanol–water partition coefficient (Wildman–Crippen LogP) is 3.61. The summed E-state index contributed by atoms with van der Waals surface area (Å²) in [4.78, 5) is 15.8. The van der Waals surface area contributed by atoms with Gasteiger partial charge in [0.1, 0.15) is 10.4 Å². The van der Waals surface area contributed by atoms with Gasteiger partial charge in [0.2, 0.25) is 0 Å². The molecule has 2 heterocycles. The van der Waals surface area contributed by atoms with Crippen LogP contribution in [-0.2, 0) is 9.53 Å². The molecule has 0 saturated heterocycles. The molecule has 92 valence electrons. The molecule has 18 heavy (non-hydrogen) atoms. The summed E-state index contributed by atoms with van der Waals surface area (Å²) in [6.07, 6.45) is 7.65. The summed E-state index contributed by atoms with van der Waals surface area (Å²) in [5.74, 6) is 0.553. The molecule has 0 aromatic carbocycles. The van der Waals surface area contributed by atoms with E-state index in [4.69, 9.17) is 4.74 Å². The summed E-state index contributed by atoms with van der Waals surface area (Å²) in [6, 6.07) is 3.80. The molecule has 0 bridgehead atoms. The maximum atomic E-state index is 11.7. The maximum absolute atomic E-state index is 11.7. The molecule has 4 heteroatoms. The Morgan fingerprint density at radius 1 is 1.28 bits per heavy atom. The van der Waals surface area contributed by atoms with Gasteiger partial charge >= 0.3 is 5.97 Å². The topological polar surface area (TPSA) is 39.2 Å². The van der Waals surface area contributed by atoms with Crippen molar-refractivity contribution in [2.45, 2.75) is 25.7 Å². The number of rotatable bonds is 1. The van der Waals surface area contributed by atoms with Crippen molar-refractivity contribution in [3.8, 4) is 0 Å². The van der Waals surface area contributed by atoms with Gasteiger partial charge in [-0.15, -0.1) is 0 Å². The van der Waals surface area contributed by atoms with Crippen LogP contribution in [0.5, 0.6) is 0 Å². The number of carbonyl (C=O) groups excluding carboxylic acids is 1. The lowest BCUT2D eigenvalue weighted by atomic mass is 9.92. The van der Waals surface area contributed by atoms with Crippen molar-refractivity contribution in [3.63, 3.8) is 0 Å². The minimum Gasteiger partial charge on any atom is -0.423 e. The molecule has 3 rings (SSSR count). The summed E-state index contributed by atoms with van der Waals surface area (Å²) < 4.78 is 6.14. The maximum Gasteiger partial charge on any atom is 0.339 e. The minimum absolute atomic E-state index is 0.163. The SMILES string of the molecule is O=C1OC(=Cc2ccnc(Br)c2)C2=C1CCCC2. The number of carbonyl (C=O) groups is 1. The van der Waals surface area contributed by atoms with Gasteiger partial charge in [-0.3, -0.25) is 0 Å². The Morgan fingerprint density at radius 3 is 2.83 bits per heavy atom. The number of hydrogen-bond donors (Lipinski definition) is 0. The summed E-state index contributed by atoms with van der Waals surface area (Å²) in [5.41, 5.74) is 2.96. The molecule has 1 aromatic rings. The van der Waals surface area contributed by atoms with E-state index in [1.807, 2.05) is 18.2 Å². The van der Waals surface area contributed by atoms with Crippen LogP contribution < -0.4 is 0 Å². The zero-order chi connectivity index (χ0) is 12.5. The van der Waals surface area contributed by atoms with Gasteiger partial charge in [-0.25, -0.2) is 9.78 Å². The molecule has 3 nitrogen and oxygen atoms in total. The van der Waals surface area contributed by atoms with Crippen LogP contribution in [0.15, 0.2) is 39.8 Å². The Labute approximate surface area is 114 Å². The highest BCUT2D eigenvalue weighted by atomic mass is 79.9. The summed E-state index contributed by atoms with van der Waals surface area (Å²) >= 11 is 3.33. The number of ether oxygens (including phenoxy) is 1. The third-order valence-corrected chi connectivity index (χ3v) is 3.70. The molecule has 1 aliphatic heterocycles. The standard InChI is InChI=1S/C14H12BrNO2/c15-13-8-9(5-6-16-13)7-12-10-3-1-2-4-11(10)14(17)18-12/h5-8H,1-4H2. The Bertz CT molecular complexity index is 575. The normalized spacial score (nSPS) is 21.2. The van der Waals surface area contributed by atoms with Crippen LogP contribution in [0.1, 0.15) is 31.2 Å². The van der Waals surface area contributed by atoms with E-state index in [0.717, 1.165) is 47.0 Å². The Kier molecular flexibility index (Phi) is 3.04. The molecular formula is C14H12BrNO2. The number of esters is 1. The number of halogens is 1. The third kappa shape index (κ3) is 2.12. The van der Waals surface area contributed by atoms with Gasteiger partial charge in [0.15, 0.2) is 0 Å². The van der Waals surface area contributed by atoms with Gasteiger partial charge in [-0.05, 0) is 65.4 Å². The lowest BCUT2D eigenvalue weighted by Crippen LogP contribution is -2.01. The van der Waals surface area contributed by atoms with E-state index in [0.29, 0.717) is 5.76 Å². The second-order valence-electron chi connectivity index (χ2n) is 4.47. The molecule has 0 N–H and O–H groups in total. The molecule has 0 unspecified atom stereocenters. The molecule has 0 spiro atoms. The van der Waals surface area contributed by atoms with E-state index in [-0.39, 0.29) is 5.97 Å². The lowest BCUT2D eigenvalue weighted by molar-refractivity contribution is -0.133. The van der Waals surface area contributed by atoms with Crippen LogP contribution in [-0.4, -0.2) is 11.0 Å². The Morgan fingerprint density at radius 2 is 2.06 bits per heavy atom. The van der Waals surface area contributed by atoms with E-state index in [2.05, 4.69) is 20.9 Å². The number of cyclic esters (lactones) is 1. The first-order chi connectivity index (χ1) is 8.74. The molecule has 0 radical (unpaired) electrons. The zero-order valence-corrected chi connectivity index (χ0v) is 11.4. The molecular weight excluding hydrogens is 294 g/mol. The minimum atomic E-state index is -0.163. The van der Waals surface area contributed by atoms with Crippen molar-refractivity contribution in [2.75, 3.05) is 0 Å². The van der Waals surface area contributed by atoms with Gasteiger partial charge in [0.25, 0.3) is 0 Å². The number of aromatic nitrogens is 1. The second kappa shape index (κ2) is 4.69. The van der Waals surface area contributed by atoms with Crippen LogP contribution in [0, 0.1) is 0 Å². The quantitative estimate of drug-likeness (QED) is 0.588. The number of allylic oxidation sites excluding steroid dienone is 1. The highest BCUT2D eigenvalue weighted by molar-refractivity contribution is 9.10. The van der Waals surface area contributed by atoms with Gasteiger partial charge in [0.05, 0.1) is 0 Å². The molecule has 1 aliphatic carbocycles. The zero-order valence-electron chi connectivity index (χ0n) is 9.78. The van der Waals surface area contributed by atoms with Crippen molar-refractivity contribution >= 4 is 28.0 Å². The van der Waals surface area contributed by atoms with Gasteiger partial charge < -0.3 is 4.74 Å². The predicted molar refractivity (Wildman–Crippen MR) is 71.5 cm³/mol. The molecule has 0 fully saturated rings. The number of pyridine rings is 1. The molecule has 0 amide bonds. The largest absolute Gasteiger partial charge is 0.423 e. The van der Waals surface area contributed by atoms with Gasteiger partial charge in [0, 0.05) is 17.3 Å². The van der Waals surface area contributed by atoms with Crippen LogP contribution in [0.2, 0.25) is 0 Å². The van der Waals surface area contributed by atoms with E-state index >= 15 is 0 Å². The first kappa shape index (κ1) is 11.7. The first-order valence-electron chi connectivity index (χ1n) is 6.02.